The minimum absolute atomic E-state index is 0.00540. The third-order valence-electron chi connectivity index (χ3n) is 3.87. The van der Waals surface area contributed by atoms with Crippen LogP contribution in [0.3, 0.4) is 0 Å². The molecule has 1 aromatic carbocycles. The van der Waals surface area contributed by atoms with Gasteiger partial charge in [0.1, 0.15) is 5.69 Å². The topological polar surface area (TPSA) is 59.2 Å². The highest BCUT2D eigenvalue weighted by Crippen LogP contribution is 2.31. The van der Waals surface area contributed by atoms with Crippen molar-refractivity contribution >= 4 is 22.9 Å². The van der Waals surface area contributed by atoms with Crippen molar-refractivity contribution in [3.63, 3.8) is 0 Å². The number of aryl methyl sites for hydroxylation is 1. The highest BCUT2D eigenvalue weighted by Gasteiger charge is 2.29. The van der Waals surface area contributed by atoms with Gasteiger partial charge in [0.25, 0.3) is 5.91 Å². The first-order chi connectivity index (χ1) is 10.2. The summed E-state index contributed by atoms with van der Waals surface area (Å²) < 4.78 is 0. The first kappa shape index (κ1) is 14.2. The maximum Gasteiger partial charge on any atom is 0.278 e. The van der Waals surface area contributed by atoms with Crippen molar-refractivity contribution in [2.24, 2.45) is 5.73 Å². The van der Waals surface area contributed by atoms with Crippen LogP contribution in [0.2, 0.25) is 0 Å². The van der Waals surface area contributed by atoms with E-state index in [1.807, 2.05) is 28.5 Å². The summed E-state index contributed by atoms with van der Waals surface area (Å²) in [4.78, 5) is 19.1. The van der Waals surface area contributed by atoms with Crippen LogP contribution >= 0.6 is 11.3 Å². The summed E-state index contributed by atoms with van der Waals surface area (Å²) in [5.41, 5.74) is 8.34. The van der Waals surface area contributed by atoms with Crippen molar-refractivity contribution in [1.82, 2.24) is 4.98 Å². The lowest BCUT2D eigenvalue weighted by atomic mass is 9.96. The summed E-state index contributed by atoms with van der Waals surface area (Å²) in [6.07, 6.45) is 2.74. The van der Waals surface area contributed by atoms with Crippen LogP contribution in [0.5, 0.6) is 0 Å². The maximum atomic E-state index is 12.8. The molecule has 1 aliphatic rings. The molecule has 110 valence electrons. The van der Waals surface area contributed by atoms with Gasteiger partial charge in [-0.25, -0.2) is 4.98 Å². The molecule has 1 aromatic heterocycles. The van der Waals surface area contributed by atoms with Crippen LogP contribution in [-0.4, -0.2) is 23.5 Å². The molecule has 3 rings (SSSR count). The SMILES string of the molecule is CC1CCc2ccccc2N1C(=O)c1csc(CCN)n1. The number of carbonyl (C=O) groups excluding carboxylic acids is 1. The Morgan fingerprint density at radius 2 is 2.29 bits per heavy atom. The predicted molar refractivity (Wildman–Crippen MR) is 85.9 cm³/mol. The number of fused-ring (bicyclic) bond motifs is 1. The van der Waals surface area contributed by atoms with Gasteiger partial charge in [-0.1, -0.05) is 18.2 Å². The van der Waals surface area contributed by atoms with Crippen molar-refractivity contribution in [1.29, 1.82) is 0 Å². The van der Waals surface area contributed by atoms with Crippen molar-refractivity contribution in [2.45, 2.75) is 32.2 Å². The fourth-order valence-corrected chi connectivity index (χ4v) is 3.56. The van der Waals surface area contributed by atoms with Crippen LogP contribution in [0.1, 0.15) is 34.4 Å². The van der Waals surface area contributed by atoms with Gasteiger partial charge in [0.15, 0.2) is 0 Å². The van der Waals surface area contributed by atoms with Crippen molar-refractivity contribution in [2.75, 3.05) is 11.4 Å². The third kappa shape index (κ3) is 2.71. The van der Waals surface area contributed by atoms with Gasteiger partial charge in [-0.3, -0.25) is 4.79 Å². The van der Waals surface area contributed by atoms with Gasteiger partial charge in [-0.15, -0.1) is 11.3 Å². The number of hydrogen-bond acceptors (Lipinski definition) is 4. The fraction of sp³-hybridized carbons (Fsp3) is 0.375. The fourth-order valence-electron chi connectivity index (χ4n) is 2.77. The van der Waals surface area contributed by atoms with Gasteiger partial charge in [0.2, 0.25) is 0 Å². The lowest BCUT2D eigenvalue weighted by Gasteiger charge is -2.34. The number of thiazole rings is 1. The average molecular weight is 301 g/mol. The zero-order chi connectivity index (χ0) is 14.8. The minimum Gasteiger partial charge on any atom is -0.330 e. The van der Waals surface area contributed by atoms with E-state index in [9.17, 15) is 4.79 Å². The minimum atomic E-state index is -0.00540. The third-order valence-corrected chi connectivity index (χ3v) is 4.78. The molecule has 0 fully saturated rings. The van der Waals surface area contributed by atoms with E-state index in [4.69, 9.17) is 5.73 Å². The van der Waals surface area contributed by atoms with Gasteiger partial charge < -0.3 is 10.6 Å². The van der Waals surface area contributed by atoms with Gasteiger partial charge in [0, 0.05) is 23.5 Å². The molecule has 2 N–H and O–H groups in total. The van der Waals surface area contributed by atoms with Gasteiger partial charge in [-0.05, 0) is 37.9 Å². The van der Waals surface area contributed by atoms with Crippen LogP contribution in [0.15, 0.2) is 29.6 Å². The molecule has 0 radical (unpaired) electrons. The average Bonchev–Trinajstić information content (AvgIpc) is 2.96. The summed E-state index contributed by atoms with van der Waals surface area (Å²) in [7, 11) is 0. The Morgan fingerprint density at radius 1 is 1.48 bits per heavy atom. The molecule has 1 unspecified atom stereocenters. The van der Waals surface area contributed by atoms with Crippen molar-refractivity contribution < 1.29 is 4.79 Å². The van der Waals surface area contributed by atoms with Crippen molar-refractivity contribution in [3.8, 4) is 0 Å². The number of anilines is 1. The van der Waals surface area contributed by atoms with E-state index in [1.165, 1.54) is 16.9 Å². The molecular formula is C16H19N3OS. The second kappa shape index (κ2) is 5.95. The molecule has 2 aromatic rings. The second-order valence-electron chi connectivity index (χ2n) is 5.36. The van der Waals surface area contributed by atoms with Gasteiger partial charge >= 0.3 is 0 Å². The Kier molecular flexibility index (Phi) is 4.03. The molecule has 4 nitrogen and oxygen atoms in total. The largest absolute Gasteiger partial charge is 0.330 e. The molecule has 0 spiro atoms. The lowest BCUT2D eigenvalue weighted by Crippen LogP contribution is -2.42. The standard InChI is InChI=1S/C16H19N3OS/c1-11-6-7-12-4-2-3-5-14(12)19(11)16(20)13-10-21-15(18-13)8-9-17/h2-5,10-11H,6-9,17H2,1H3. The summed E-state index contributed by atoms with van der Waals surface area (Å²) in [5, 5.41) is 2.77. The number of hydrogen-bond donors (Lipinski definition) is 1. The number of amides is 1. The molecule has 1 amide bonds. The lowest BCUT2D eigenvalue weighted by molar-refractivity contribution is 0.0971. The van der Waals surface area contributed by atoms with E-state index in [-0.39, 0.29) is 11.9 Å². The molecule has 21 heavy (non-hydrogen) atoms. The molecule has 1 atom stereocenters. The Hall–Kier alpha value is -1.72. The Balaban J connectivity index is 1.92. The highest BCUT2D eigenvalue weighted by atomic mass is 32.1. The quantitative estimate of drug-likeness (QED) is 0.948. The first-order valence-corrected chi connectivity index (χ1v) is 8.14. The normalized spacial score (nSPS) is 17.6. The summed E-state index contributed by atoms with van der Waals surface area (Å²) in [6, 6.07) is 8.34. The number of carbonyl (C=O) groups is 1. The van der Waals surface area contributed by atoms with Crippen LogP contribution < -0.4 is 10.6 Å². The second-order valence-corrected chi connectivity index (χ2v) is 6.30. The molecule has 5 heteroatoms. The van der Waals surface area contributed by atoms with Crippen LogP contribution in [-0.2, 0) is 12.8 Å². The maximum absolute atomic E-state index is 12.8. The number of aromatic nitrogens is 1. The molecule has 0 saturated carbocycles. The van der Waals surface area contributed by atoms with Crippen LogP contribution in [0.25, 0.3) is 0 Å². The van der Waals surface area contributed by atoms with E-state index in [0.717, 1.165) is 30.0 Å². The molecule has 2 heterocycles. The molecule has 0 bridgehead atoms. The van der Waals surface area contributed by atoms with E-state index >= 15 is 0 Å². The number of benzene rings is 1. The number of para-hydroxylation sites is 1. The van der Waals surface area contributed by atoms with Crippen molar-refractivity contribution in [3.05, 3.63) is 45.9 Å². The molecule has 1 aliphatic heterocycles. The Morgan fingerprint density at radius 3 is 3.10 bits per heavy atom. The summed E-state index contributed by atoms with van der Waals surface area (Å²) in [6.45, 7) is 2.66. The molecule has 0 saturated heterocycles. The number of rotatable bonds is 3. The van der Waals surface area contributed by atoms with E-state index < -0.39 is 0 Å². The molecular weight excluding hydrogens is 282 g/mol. The highest BCUT2D eigenvalue weighted by molar-refractivity contribution is 7.09. The first-order valence-electron chi connectivity index (χ1n) is 7.26. The Labute approximate surface area is 128 Å². The van der Waals surface area contributed by atoms with E-state index in [2.05, 4.69) is 18.0 Å². The summed E-state index contributed by atoms with van der Waals surface area (Å²) >= 11 is 1.51. The van der Waals surface area contributed by atoms with Crippen LogP contribution in [0.4, 0.5) is 5.69 Å². The number of nitrogens with zero attached hydrogens (tertiary/aromatic N) is 2. The zero-order valence-electron chi connectivity index (χ0n) is 12.1. The molecule has 0 aliphatic carbocycles. The predicted octanol–water partition coefficient (Wildman–Crippen LogP) is 2.63. The number of nitrogens with two attached hydrogens (primary N) is 1. The Bertz CT molecular complexity index is 652. The van der Waals surface area contributed by atoms with E-state index in [1.54, 1.807) is 0 Å². The van der Waals surface area contributed by atoms with E-state index in [0.29, 0.717) is 12.2 Å². The van der Waals surface area contributed by atoms with Crippen LogP contribution in [0, 0.1) is 0 Å². The summed E-state index contributed by atoms with van der Waals surface area (Å²) in [5.74, 6) is -0.00540. The van der Waals surface area contributed by atoms with Gasteiger partial charge in [-0.2, -0.15) is 0 Å². The monoisotopic (exact) mass is 301 g/mol. The van der Waals surface area contributed by atoms with Gasteiger partial charge in [0.05, 0.1) is 5.01 Å². The smallest absolute Gasteiger partial charge is 0.278 e. The zero-order valence-corrected chi connectivity index (χ0v) is 12.9.